The molecule has 1 heterocycles. The van der Waals surface area contributed by atoms with Crippen LogP contribution in [0.4, 0.5) is 18.0 Å². The van der Waals surface area contributed by atoms with Crippen LogP contribution in [0.1, 0.15) is 11.6 Å². The van der Waals surface area contributed by atoms with Gasteiger partial charge in [0.2, 0.25) is 0 Å². The number of amides is 2. The Hall–Kier alpha value is -2.12. The van der Waals surface area contributed by atoms with Crippen LogP contribution >= 0.6 is 0 Å². The van der Waals surface area contributed by atoms with E-state index in [1.807, 2.05) is 0 Å². The Kier molecular flexibility index (Phi) is 3.41. The smallest absolute Gasteiger partial charge is 0.496 e. The first kappa shape index (κ1) is 13.3. The van der Waals surface area contributed by atoms with Gasteiger partial charge in [0.05, 0.1) is 13.2 Å². The second-order valence-electron chi connectivity index (χ2n) is 3.86. The first-order valence-electron chi connectivity index (χ1n) is 5.37. The maximum Gasteiger partial charge on any atom is 0.573 e. The third-order valence-electron chi connectivity index (χ3n) is 2.58. The normalized spacial score (nSPS) is 18.7. The molecule has 0 spiro atoms. The summed E-state index contributed by atoms with van der Waals surface area (Å²) in [6, 6.07) is 2.87. The topological polar surface area (TPSA) is 59.6 Å². The summed E-state index contributed by atoms with van der Waals surface area (Å²) >= 11 is 0. The van der Waals surface area contributed by atoms with Gasteiger partial charge in [-0.1, -0.05) is 0 Å². The van der Waals surface area contributed by atoms with Gasteiger partial charge in [-0.05, 0) is 18.2 Å². The molecule has 1 atom stereocenters. The monoisotopic (exact) mass is 276 g/mol. The molecule has 5 nitrogen and oxygen atoms in total. The first-order chi connectivity index (χ1) is 8.89. The van der Waals surface area contributed by atoms with Gasteiger partial charge in [0, 0.05) is 12.1 Å². The lowest BCUT2D eigenvalue weighted by atomic mass is 10.1. The van der Waals surface area contributed by atoms with Crippen molar-refractivity contribution in [3.63, 3.8) is 0 Å². The maximum atomic E-state index is 12.2. The number of methoxy groups -OCH3 is 1. The zero-order valence-electron chi connectivity index (χ0n) is 9.88. The second kappa shape index (κ2) is 4.87. The fraction of sp³-hybridized carbons (Fsp3) is 0.364. The third-order valence-corrected chi connectivity index (χ3v) is 2.58. The Morgan fingerprint density at radius 3 is 2.63 bits per heavy atom. The van der Waals surface area contributed by atoms with Crippen molar-refractivity contribution in [2.24, 2.45) is 0 Å². The number of carbonyl (C=O) groups is 1. The SMILES string of the molecule is COc1ccc(OC(F)(F)F)cc1[C@H]1CNC(=O)N1. The highest BCUT2D eigenvalue weighted by molar-refractivity contribution is 5.77. The zero-order chi connectivity index (χ0) is 14.0. The van der Waals surface area contributed by atoms with Crippen molar-refractivity contribution in [1.29, 1.82) is 0 Å². The molecule has 2 rings (SSSR count). The molecule has 19 heavy (non-hydrogen) atoms. The predicted molar refractivity (Wildman–Crippen MR) is 59.0 cm³/mol. The lowest BCUT2D eigenvalue weighted by molar-refractivity contribution is -0.274. The van der Waals surface area contributed by atoms with Gasteiger partial charge in [-0.3, -0.25) is 0 Å². The average Bonchev–Trinajstić information content (AvgIpc) is 2.73. The van der Waals surface area contributed by atoms with E-state index in [0.717, 1.165) is 6.07 Å². The van der Waals surface area contributed by atoms with Crippen molar-refractivity contribution in [3.8, 4) is 11.5 Å². The molecule has 2 N–H and O–H groups in total. The molecular weight excluding hydrogens is 265 g/mol. The Bertz CT molecular complexity index is 491. The van der Waals surface area contributed by atoms with Crippen molar-refractivity contribution in [1.82, 2.24) is 10.6 Å². The van der Waals surface area contributed by atoms with Crippen LogP contribution in [0.15, 0.2) is 18.2 Å². The van der Waals surface area contributed by atoms with E-state index in [1.54, 1.807) is 0 Å². The summed E-state index contributed by atoms with van der Waals surface area (Å²) in [7, 11) is 1.40. The molecule has 2 amide bonds. The van der Waals surface area contributed by atoms with Crippen LogP contribution in [0.3, 0.4) is 0 Å². The van der Waals surface area contributed by atoms with E-state index < -0.39 is 12.4 Å². The van der Waals surface area contributed by atoms with Gasteiger partial charge >= 0.3 is 12.4 Å². The van der Waals surface area contributed by atoms with E-state index in [-0.39, 0.29) is 18.3 Å². The molecular formula is C11H11F3N2O3. The summed E-state index contributed by atoms with van der Waals surface area (Å²) in [5.74, 6) is 0.0213. The predicted octanol–water partition coefficient (Wildman–Crippen LogP) is 1.95. The quantitative estimate of drug-likeness (QED) is 0.887. The molecule has 1 aliphatic heterocycles. The molecule has 1 aliphatic rings. The Morgan fingerprint density at radius 2 is 2.11 bits per heavy atom. The molecule has 104 valence electrons. The molecule has 0 aliphatic carbocycles. The van der Waals surface area contributed by atoms with Crippen LogP contribution in [0.5, 0.6) is 11.5 Å². The van der Waals surface area contributed by atoms with Crippen LogP contribution in [-0.2, 0) is 0 Å². The fourth-order valence-electron chi connectivity index (χ4n) is 1.82. The molecule has 8 heteroatoms. The van der Waals surface area contributed by atoms with Gasteiger partial charge in [0.1, 0.15) is 11.5 Å². The minimum atomic E-state index is -4.76. The van der Waals surface area contributed by atoms with E-state index in [2.05, 4.69) is 15.4 Å². The number of urea groups is 1. The number of hydrogen-bond donors (Lipinski definition) is 2. The van der Waals surface area contributed by atoms with Crippen molar-refractivity contribution in [3.05, 3.63) is 23.8 Å². The molecule has 0 aromatic heterocycles. The maximum absolute atomic E-state index is 12.2. The van der Waals surface area contributed by atoms with Crippen LogP contribution in [0, 0.1) is 0 Å². The molecule has 0 saturated carbocycles. The number of ether oxygens (including phenoxy) is 2. The summed E-state index contributed by atoms with van der Waals surface area (Å²) in [6.45, 7) is 0.269. The summed E-state index contributed by atoms with van der Waals surface area (Å²) < 4.78 is 45.4. The fourth-order valence-corrected chi connectivity index (χ4v) is 1.82. The lowest BCUT2D eigenvalue weighted by Crippen LogP contribution is -2.22. The Morgan fingerprint density at radius 1 is 1.37 bits per heavy atom. The van der Waals surface area contributed by atoms with E-state index >= 15 is 0 Å². The van der Waals surface area contributed by atoms with E-state index in [9.17, 15) is 18.0 Å². The summed E-state index contributed by atoms with van der Waals surface area (Å²) in [4.78, 5) is 11.1. The third kappa shape index (κ3) is 3.21. The molecule has 1 fully saturated rings. The number of benzene rings is 1. The summed E-state index contributed by atoms with van der Waals surface area (Å²) in [5, 5.41) is 5.09. The number of alkyl halides is 3. The van der Waals surface area contributed by atoms with Crippen molar-refractivity contribution in [2.45, 2.75) is 12.4 Å². The highest BCUT2D eigenvalue weighted by Gasteiger charge is 2.32. The average molecular weight is 276 g/mol. The molecule has 1 saturated heterocycles. The van der Waals surface area contributed by atoms with E-state index in [0.29, 0.717) is 11.3 Å². The number of rotatable bonds is 3. The summed E-state index contributed by atoms with van der Waals surface area (Å²) in [5.41, 5.74) is 0.419. The largest absolute Gasteiger partial charge is 0.573 e. The van der Waals surface area contributed by atoms with Crippen molar-refractivity contribution in [2.75, 3.05) is 13.7 Å². The van der Waals surface area contributed by atoms with Gasteiger partial charge < -0.3 is 20.1 Å². The highest BCUT2D eigenvalue weighted by atomic mass is 19.4. The molecule has 0 unspecified atom stereocenters. The number of halogens is 3. The number of hydrogen-bond acceptors (Lipinski definition) is 3. The molecule has 1 aromatic rings. The minimum absolute atomic E-state index is 0.269. The van der Waals surface area contributed by atoms with Crippen LogP contribution in [-0.4, -0.2) is 26.0 Å². The van der Waals surface area contributed by atoms with Crippen LogP contribution < -0.4 is 20.1 Å². The highest BCUT2D eigenvalue weighted by Crippen LogP contribution is 2.32. The second-order valence-corrected chi connectivity index (χ2v) is 3.86. The standard InChI is InChI=1S/C11H11F3N2O3/c1-18-9-3-2-6(19-11(12,13)14)4-7(9)8-5-15-10(17)16-8/h2-4,8H,5H2,1H3,(H2,15,16,17)/t8-/m1/s1. The zero-order valence-corrected chi connectivity index (χ0v) is 9.88. The first-order valence-corrected chi connectivity index (χ1v) is 5.37. The Labute approximate surface area is 106 Å². The van der Waals surface area contributed by atoms with Crippen LogP contribution in [0.2, 0.25) is 0 Å². The minimum Gasteiger partial charge on any atom is -0.496 e. The van der Waals surface area contributed by atoms with E-state index in [1.165, 1.54) is 19.2 Å². The van der Waals surface area contributed by atoms with Crippen LogP contribution in [0.25, 0.3) is 0 Å². The lowest BCUT2D eigenvalue weighted by Gasteiger charge is -2.16. The van der Waals surface area contributed by atoms with Gasteiger partial charge in [-0.2, -0.15) is 0 Å². The molecule has 1 aromatic carbocycles. The van der Waals surface area contributed by atoms with E-state index in [4.69, 9.17) is 4.74 Å². The molecule has 0 radical (unpaired) electrons. The summed E-state index contributed by atoms with van der Waals surface area (Å²) in [6.07, 6.45) is -4.76. The number of nitrogens with one attached hydrogen (secondary N) is 2. The van der Waals surface area contributed by atoms with Crippen molar-refractivity contribution < 1.29 is 27.4 Å². The van der Waals surface area contributed by atoms with Gasteiger partial charge in [0.15, 0.2) is 0 Å². The van der Waals surface area contributed by atoms with Gasteiger partial charge in [0.25, 0.3) is 0 Å². The van der Waals surface area contributed by atoms with Gasteiger partial charge in [-0.25, -0.2) is 4.79 Å². The van der Waals surface area contributed by atoms with Crippen molar-refractivity contribution >= 4 is 6.03 Å². The molecule has 0 bridgehead atoms. The Balaban J connectivity index is 2.29. The number of carbonyl (C=O) groups excluding carboxylic acids is 1. The van der Waals surface area contributed by atoms with Gasteiger partial charge in [-0.15, -0.1) is 13.2 Å².